The zero-order valence-corrected chi connectivity index (χ0v) is 16.1. The Bertz CT molecular complexity index is 887. The predicted octanol–water partition coefficient (Wildman–Crippen LogP) is 2.26. The van der Waals surface area contributed by atoms with Gasteiger partial charge in [0.25, 0.3) is 11.8 Å². The van der Waals surface area contributed by atoms with E-state index in [4.69, 9.17) is 9.47 Å². The van der Waals surface area contributed by atoms with Crippen LogP contribution in [0.1, 0.15) is 38.6 Å². The van der Waals surface area contributed by atoms with Gasteiger partial charge in [0.1, 0.15) is 22.0 Å². The van der Waals surface area contributed by atoms with E-state index in [0.717, 1.165) is 5.69 Å². The van der Waals surface area contributed by atoms with Gasteiger partial charge in [-0.15, -0.1) is 11.3 Å². The van der Waals surface area contributed by atoms with Crippen LogP contribution in [0.3, 0.4) is 0 Å². The van der Waals surface area contributed by atoms with Crippen molar-refractivity contribution < 1.29 is 19.1 Å². The molecule has 1 aromatic carbocycles. The van der Waals surface area contributed by atoms with Crippen molar-refractivity contribution in [2.45, 2.75) is 25.4 Å². The molecule has 1 N–H and O–H groups in total. The third-order valence-electron chi connectivity index (χ3n) is 5.23. The topological polar surface area (TPSA) is 80.8 Å². The van der Waals surface area contributed by atoms with Crippen LogP contribution < -0.4 is 14.8 Å². The summed E-state index contributed by atoms with van der Waals surface area (Å²) in [7, 11) is 1.57. The molecular weight excluding hydrogens is 366 g/mol. The highest BCUT2D eigenvalue weighted by atomic mass is 32.1. The molecule has 0 saturated carbocycles. The summed E-state index contributed by atoms with van der Waals surface area (Å²) in [6.45, 7) is 3.43. The Morgan fingerprint density at radius 2 is 2.15 bits per heavy atom. The molecular formula is C19H21N3O4S. The Balaban J connectivity index is 1.51. The molecule has 2 amide bonds. The van der Waals surface area contributed by atoms with Crippen LogP contribution in [0, 0.1) is 6.92 Å². The molecule has 1 aromatic heterocycles. The number of ether oxygens (including phenoxy) is 2. The molecule has 0 unspecified atom stereocenters. The predicted molar refractivity (Wildman–Crippen MR) is 101 cm³/mol. The van der Waals surface area contributed by atoms with Gasteiger partial charge >= 0.3 is 0 Å². The van der Waals surface area contributed by atoms with Crippen molar-refractivity contribution in [1.29, 1.82) is 0 Å². The molecule has 4 rings (SSSR count). The Hall–Kier alpha value is -2.61. The van der Waals surface area contributed by atoms with E-state index in [1.165, 1.54) is 11.3 Å². The van der Waals surface area contributed by atoms with Gasteiger partial charge in [0.2, 0.25) is 0 Å². The molecule has 8 heteroatoms. The molecule has 3 heterocycles. The van der Waals surface area contributed by atoms with Crippen LogP contribution in [-0.4, -0.2) is 54.0 Å². The number of benzene rings is 1. The fraction of sp³-hybridized carbons (Fsp3) is 0.421. The third kappa shape index (κ3) is 3.25. The standard InChI is InChI=1S/C19H21N3O4S/c1-12-16(27-11-21-12)18(24)22-7-5-19(6-8-22)10-20-17(23)14-9-13(25-2)3-4-15(14)26-19/h3-4,9,11H,5-8,10H2,1-2H3,(H,20,23). The second-order valence-corrected chi connectivity index (χ2v) is 7.74. The first-order valence-electron chi connectivity index (χ1n) is 8.86. The summed E-state index contributed by atoms with van der Waals surface area (Å²) in [6.07, 6.45) is 1.31. The molecule has 0 atom stereocenters. The largest absolute Gasteiger partial charge is 0.497 e. The summed E-state index contributed by atoms with van der Waals surface area (Å²) < 4.78 is 11.5. The number of methoxy groups -OCH3 is 1. The van der Waals surface area contributed by atoms with E-state index in [1.54, 1.807) is 30.8 Å². The number of aromatic nitrogens is 1. The Kier molecular flexibility index (Phi) is 4.51. The van der Waals surface area contributed by atoms with Crippen LogP contribution in [0.25, 0.3) is 0 Å². The van der Waals surface area contributed by atoms with E-state index >= 15 is 0 Å². The lowest BCUT2D eigenvalue weighted by Crippen LogP contribution is -2.54. The van der Waals surface area contributed by atoms with Gasteiger partial charge in [-0.2, -0.15) is 0 Å². The molecule has 27 heavy (non-hydrogen) atoms. The van der Waals surface area contributed by atoms with Crippen molar-refractivity contribution in [3.8, 4) is 11.5 Å². The number of thiazole rings is 1. The smallest absolute Gasteiger partial charge is 0.265 e. The van der Waals surface area contributed by atoms with Crippen molar-refractivity contribution in [1.82, 2.24) is 15.2 Å². The number of carbonyl (C=O) groups is 2. The summed E-state index contributed by atoms with van der Waals surface area (Å²) >= 11 is 1.37. The van der Waals surface area contributed by atoms with E-state index in [1.807, 2.05) is 11.8 Å². The van der Waals surface area contributed by atoms with E-state index in [-0.39, 0.29) is 11.8 Å². The average Bonchev–Trinajstić information content (AvgIpc) is 3.07. The summed E-state index contributed by atoms with van der Waals surface area (Å²) in [6, 6.07) is 5.25. The summed E-state index contributed by atoms with van der Waals surface area (Å²) in [5.41, 5.74) is 2.44. The molecule has 1 saturated heterocycles. The van der Waals surface area contributed by atoms with Crippen LogP contribution in [0.2, 0.25) is 0 Å². The third-order valence-corrected chi connectivity index (χ3v) is 6.15. The number of fused-ring (bicyclic) bond motifs is 1. The lowest BCUT2D eigenvalue weighted by Gasteiger charge is -2.41. The maximum Gasteiger partial charge on any atom is 0.265 e. The highest BCUT2D eigenvalue weighted by molar-refractivity contribution is 7.11. The van der Waals surface area contributed by atoms with Crippen molar-refractivity contribution in [2.24, 2.45) is 0 Å². The first-order chi connectivity index (χ1) is 13.0. The monoisotopic (exact) mass is 387 g/mol. The number of hydrogen-bond acceptors (Lipinski definition) is 6. The molecule has 142 valence electrons. The number of nitrogens with one attached hydrogen (secondary N) is 1. The van der Waals surface area contributed by atoms with Gasteiger partial charge in [-0.25, -0.2) is 4.98 Å². The van der Waals surface area contributed by atoms with Crippen LogP contribution >= 0.6 is 11.3 Å². The van der Waals surface area contributed by atoms with Crippen LogP contribution in [0.15, 0.2) is 23.7 Å². The van der Waals surface area contributed by atoms with Gasteiger partial charge in [0, 0.05) is 25.9 Å². The number of hydrogen-bond donors (Lipinski definition) is 1. The van der Waals surface area contributed by atoms with Crippen LogP contribution in [-0.2, 0) is 0 Å². The normalized spacial score (nSPS) is 18.3. The molecule has 2 aromatic rings. The molecule has 1 fully saturated rings. The second kappa shape index (κ2) is 6.84. The van der Waals surface area contributed by atoms with Crippen molar-refractivity contribution in [3.63, 3.8) is 0 Å². The molecule has 7 nitrogen and oxygen atoms in total. The van der Waals surface area contributed by atoms with Gasteiger partial charge < -0.3 is 19.7 Å². The first kappa shape index (κ1) is 17.8. The molecule has 2 aliphatic heterocycles. The number of piperidine rings is 1. The number of aryl methyl sites for hydroxylation is 1. The number of rotatable bonds is 2. The van der Waals surface area contributed by atoms with Crippen molar-refractivity contribution >= 4 is 23.2 Å². The maximum atomic E-state index is 12.7. The SMILES string of the molecule is COc1ccc2c(c1)C(=O)NCC1(CCN(C(=O)c3scnc3C)CC1)O2. The number of carbonyl (C=O) groups excluding carboxylic acids is 2. The van der Waals surface area contributed by atoms with Gasteiger partial charge in [-0.1, -0.05) is 0 Å². The fourth-order valence-corrected chi connectivity index (χ4v) is 4.32. The zero-order chi connectivity index (χ0) is 19.0. The van der Waals surface area contributed by atoms with Gasteiger partial charge in [-0.3, -0.25) is 9.59 Å². The van der Waals surface area contributed by atoms with Crippen LogP contribution in [0.4, 0.5) is 0 Å². The molecule has 0 radical (unpaired) electrons. The summed E-state index contributed by atoms with van der Waals surface area (Å²) in [5, 5.41) is 2.96. The van der Waals surface area contributed by atoms with Crippen LogP contribution in [0.5, 0.6) is 11.5 Å². The van der Waals surface area contributed by atoms with E-state index in [0.29, 0.717) is 54.4 Å². The second-order valence-electron chi connectivity index (χ2n) is 6.89. The maximum absolute atomic E-state index is 12.7. The summed E-state index contributed by atoms with van der Waals surface area (Å²) in [5.74, 6) is 1.03. The van der Waals surface area contributed by atoms with Gasteiger partial charge in [0.05, 0.1) is 30.4 Å². The van der Waals surface area contributed by atoms with Gasteiger partial charge in [0.15, 0.2) is 0 Å². The quantitative estimate of drug-likeness (QED) is 0.855. The number of amides is 2. The molecule has 1 spiro atoms. The van der Waals surface area contributed by atoms with Crippen molar-refractivity contribution in [2.75, 3.05) is 26.7 Å². The number of likely N-dealkylation sites (tertiary alicyclic amines) is 1. The minimum absolute atomic E-state index is 0.0210. The Labute approximate surface area is 161 Å². The highest BCUT2D eigenvalue weighted by Gasteiger charge is 2.41. The number of nitrogens with zero attached hydrogens (tertiary/aromatic N) is 2. The fourth-order valence-electron chi connectivity index (χ4n) is 3.56. The van der Waals surface area contributed by atoms with Crippen molar-refractivity contribution in [3.05, 3.63) is 39.8 Å². The average molecular weight is 387 g/mol. The highest BCUT2D eigenvalue weighted by Crippen LogP contribution is 2.35. The minimum atomic E-state index is -0.505. The summed E-state index contributed by atoms with van der Waals surface area (Å²) in [4.78, 5) is 31.9. The minimum Gasteiger partial charge on any atom is -0.497 e. The van der Waals surface area contributed by atoms with E-state index < -0.39 is 5.60 Å². The molecule has 0 aliphatic carbocycles. The molecule has 0 bridgehead atoms. The van der Waals surface area contributed by atoms with E-state index in [2.05, 4.69) is 10.3 Å². The van der Waals surface area contributed by atoms with Gasteiger partial charge in [-0.05, 0) is 25.1 Å². The lowest BCUT2D eigenvalue weighted by atomic mass is 9.90. The Morgan fingerprint density at radius 3 is 2.81 bits per heavy atom. The molecule has 2 aliphatic rings. The lowest BCUT2D eigenvalue weighted by molar-refractivity contribution is 0.00783. The zero-order valence-electron chi connectivity index (χ0n) is 15.3. The first-order valence-corrected chi connectivity index (χ1v) is 9.74. The Morgan fingerprint density at radius 1 is 1.37 bits per heavy atom. The van der Waals surface area contributed by atoms with E-state index in [9.17, 15) is 9.59 Å².